The first-order valence-corrected chi connectivity index (χ1v) is 4.84. The number of benzene rings is 1. The molecule has 0 aromatic heterocycles. The molecule has 0 heterocycles. The zero-order chi connectivity index (χ0) is 10.7. The molecule has 15 heavy (non-hydrogen) atoms. The third-order valence-electron chi connectivity index (χ3n) is 2.69. The summed E-state index contributed by atoms with van der Waals surface area (Å²) in [5, 5.41) is 0. The van der Waals surface area contributed by atoms with Crippen molar-refractivity contribution in [1.29, 1.82) is 0 Å². The lowest BCUT2D eigenvalue weighted by molar-refractivity contribution is -0.111. The van der Waals surface area contributed by atoms with E-state index in [-0.39, 0.29) is 5.82 Å². The Hall–Kier alpha value is -1.70. The van der Waals surface area contributed by atoms with Crippen LogP contribution in [0.15, 0.2) is 48.6 Å². The van der Waals surface area contributed by atoms with Crippen LogP contribution in [0.1, 0.15) is 12.0 Å². The maximum Gasteiger partial charge on any atom is 0.134 e. The van der Waals surface area contributed by atoms with Crippen molar-refractivity contribution in [1.82, 2.24) is 0 Å². The quantitative estimate of drug-likeness (QED) is 0.674. The van der Waals surface area contributed by atoms with Gasteiger partial charge < -0.3 is 4.79 Å². The van der Waals surface area contributed by atoms with Gasteiger partial charge in [0.25, 0.3) is 0 Å². The van der Waals surface area contributed by atoms with Crippen molar-refractivity contribution in [2.24, 2.45) is 0 Å². The molecule has 1 aromatic carbocycles. The molecule has 0 fully saturated rings. The molecule has 1 aliphatic rings. The van der Waals surface area contributed by atoms with Gasteiger partial charge in [0.15, 0.2) is 0 Å². The van der Waals surface area contributed by atoms with Crippen LogP contribution in [-0.4, -0.2) is 6.29 Å². The van der Waals surface area contributed by atoms with Crippen molar-refractivity contribution >= 4 is 6.29 Å². The predicted octanol–water partition coefficient (Wildman–Crippen LogP) is 2.78. The van der Waals surface area contributed by atoms with E-state index in [1.165, 1.54) is 12.1 Å². The number of carbonyl (C=O) groups is 1. The van der Waals surface area contributed by atoms with Crippen molar-refractivity contribution in [3.8, 4) is 0 Å². The van der Waals surface area contributed by atoms with Crippen LogP contribution in [-0.2, 0) is 10.2 Å². The molecule has 0 spiro atoms. The summed E-state index contributed by atoms with van der Waals surface area (Å²) in [5.74, 6) is -0.282. The number of halogens is 1. The van der Waals surface area contributed by atoms with Gasteiger partial charge >= 0.3 is 0 Å². The van der Waals surface area contributed by atoms with Gasteiger partial charge in [-0.15, -0.1) is 0 Å². The summed E-state index contributed by atoms with van der Waals surface area (Å²) < 4.78 is 12.8. The SMILES string of the molecule is O=CC1(c2ccc(F)cc2)C=CC=CC1. The van der Waals surface area contributed by atoms with Crippen LogP contribution in [0.25, 0.3) is 0 Å². The molecule has 1 aliphatic carbocycles. The molecule has 1 atom stereocenters. The van der Waals surface area contributed by atoms with E-state index in [1.807, 2.05) is 24.3 Å². The van der Waals surface area contributed by atoms with Gasteiger partial charge in [0.2, 0.25) is 0 Å². The smallest absolute Gasteiger partial charge is 0.134 e. The fourth-order valence-corrected chi connectivity index (χ4v) is 1.77. The molecule has 0 aliphatic heterocycles. The maximum absolute atomic E-state index is 12.8. The summed E-state index contributed by atoms with van der Waals surface area (Å²) in [6, 6.07) is 6.08. The van der Waals surface area contributed by atoms with Gasteiger partial charge in [0, 0.05) is 0 Å². The minimum atomic E-state index is -0.609. The molecule has 0 saturated heterocycles. The lowest BCUT2D eigenvalue weighted by Crippen LogP contribution is -2.25. The van der Waals surface area contributed by atoms with Gasteiger partial charge in [-0.25, -0.2) is 4.39 Å². The van der Waals surface area contributed by atoms with Gasteiger partial charge in [-0.05, 0) is 24.1 Å². The van der Waals surface area contributed by atoms with E-state index >= 15 is 0 Å². The predicted molar refractivity (Wildman–Crippen MR) is 57.0 cm³/mol. The second-order valence-electron chi connectivity index (χ2n) is 3.66. The Bertz CT molecular complexity index is 417. The van der Waals surface area contributed by atoms with Crippen LogP contribution >= 0.6 is 0 Å². The van der Waals surface area contributed by atoms with Crippen molar-refractivity contribution in [2.45, 2.75) is 11.8 Å². The van der Waals surface area contributed by atoms with E-state index in [2.05, 4.69) is 0 Å². The molecule has 0 radical (unpaired) electrons. The van der Waals surface area contributed by atoms with Crippen molar-refractivity contribution in [3.05, 3.63) is 60.0 Å². The van der Waals surface area contributed by atoms with Gasteiger partial charge in [-0.2, -0.15) is 0 Å². The highest BCUT2D eigenvalue weighted by molar-refractivity contribution is 5.73. The van der Waals surface area contributed by atoms with Crippen LogP contribution in [0.2, 0.25) is 0 Å². The summed E-state index contributed by atoms with van der Waals surface area (Å²) >= 11 is 0. The average molecular weight is 202 g/mol. The maximum atomic E-state index is 12.8. The number of aldehydes is 1. The largest absolute Gasteiger partial charge is 0.302 e. The monoisotopic (exact) mass is 202 g/mol. The van der Waals surface area contributed by atoms with Gasteiger partial charge in [0.1, 0.15) is 12.1 Å². The first-order chi connectivity index (χ1) is 7.27. The first kappa shape index (κ1) is 9.84. The molecule has 0 saturated carbocycles. The molecule has 0 amide bonds. The molecule has 1 aromatic rings. The zero-order valence-electron chi connectivity index (χ0n) is 8.19. The number of allylic oxidation sites excluding steroid dienone is 4. The number of hydrogen-bond acceptors (Lipinski definition) is 1. The van der Waals surface area contributed by atoms with Crippen LogP contribution in [0, 0.1) is 5.82 Å². The van der Waals surface area contributed by atoms with Gasteiger partial charge in [0.05, 0.1) is 5.41 Å². The van der Waals surface area contributed by atoms with Gasteiger partial charge in [-0.3, -0.25) is 0 Å². The molecule has 0 N–H and O–H groups in total. The summed E-state index contributed by atoms with van der Waals surface area (Å²) in [5.41, 5.74) is 0.224. The minimum absolute atomic E-state index is 0.282. The third-order valence-corrected chi connectivity index (χ3v) is 2.69. The molecule has 1 nitrogen and oxygen atoms in total. The Morgan fingerprint density at radius 1 is 1.20 bits per heavy atom. The normalized spacial score (nSPS) is 24.1. The highest BCUT2D eigenvalue weighted by Gasteiger charge is 2.28. The van der Waals surface area contributed by atoms with Crippen LogP contribution < -0.4 is 0 Å². The fraction of sp³-hybridized carbons (Fsp3) is 0.154. The average Bonchev–Trinajstić information content (AvgIpc) is 2.31. The topological polar surface area (TPSA) is 17.1 Å². The molecule has 76 valence electrons. The third kappa shape index (κ3) is 1.75. The molecule has 2 heteroatoms. The number of rotatable bonds is 2. The van der Waals surface area contributed by atoms with E-state index in [0.29, 0.717) is 6.42 Å². The van der Waals surface area contributed by atoms with Crippen LogP contribution in [0.3, 0.4) is 0 Å². The Labute approximate surface area is 87.9 Å². The Balaban J connectivity index is 2.42. The Kier molecular flexibility index (Phi) is 2.50. The highest BCUT2D eigenvalue weighted by Crippen LogP contribution is 2.30. The molecular weight excluding hydrogens is 191 g/mol. The molecule has 2 rings (SSSR count). The number of carbonyl (C=O) groups excluding carboxylic acids is 1. The van der Waals surface area contributed by atoms with E-state index in [9.17, 15) is 9.18 Å². The first-order valence-electron chi connectivity index (χ1n) is 4.84. The fourth-order valence-electron chi connectivity index (χ4n) is 1.77. The molecule has 0 bridgehead atoms. The summed E-state index contributed by atoms with van der Waals surface area (Å²) in [6.45, 7) is 0. The van der Waals surface area contributed by atoms with Crippen LogP contribution in [0.5, 0.6) is 0 Å². The van der Waals surface area contributed by atoms with E-state index in [1.54, 1.807) is 12.1 Å². The van der Waals surface area contributed by atoms with E-state index in [4.69, 9.17) is 0 Å². The zero-order valence-corrected chi connectivity index (χ0v) is 8.19. The lowest BCUT2D eigenvalue weighted by Gasteiger charge is -2.25. The van der Waals surface area contributed by atoms with E-state index in [0.717, 1.165) is 11.8 Å². The summed E-state index contributed by atoms with van der Waals surface area (Å²) in [6.07, 6.45) is 9.11. The van der Waals surface area contributed by atoms with Gasteiger partial charge in [-0.1, -0.05) is 36.4 Å². The van der Waals surface area contributed by atoms with Crippen molar-refractivity contribution in [2.75, 3.05) is 0 Å². The van der Waals surface area contributed by atoms with Crippen LogP contribution in [0.4, 0.5) is 4.39 Å². The summed E-state index contributed by atoms with van der Waals surface area (Å²) in [7, 11) is 0. The summed E-state index contributed by atoms with van der Waals surface area (Å²) in [4.78, 5) is 11.2. The van der Waals surface area contributed by atoms with Crippen molar-refractivity contribution < 1.29 is 9.18 Å². The Morgan fingerprint density at radius 3 is 2.47 bits per heavy atom. The Morgan fingerprint density at radius 2 is 1.93 bits per heavy atom. The standard InChI is InChI=1S/C13H11FO/c14-12-6-4-11(5-7-12)13(10-15)8-2-1-3-9-13/h1-8,10H,9H2. The minimum Gasteiger partial charge on any atom is -0.302 e. The van der Waals surface area contributed by atoms with E-state index < -0.39 is 5.41 Å². The second kappa shape index (κ2) is 3.81. The second-order valence-corrected chi connectivity index (χ2v) is 3.66. The number of hydrogen-bond donors (Lipinski definition) is 0. The van der Waals surface area contributed by atoms with Crippen molar-refractivity contribution in [3.63, 3.8) is 0 Å². The molecule has 1 unspecified atom stereocenters. The molecular formula is C13H11FO. The highest BCUT2D eigenvalue weighted by atomic mass is 19.1. The lowest BCUT2D eigenvalue weighted by atomic mass is 9.77.